The summed E-state index contributed by atoms with van der Waals surface area (Å²) in [6.07, 6.45) is 1.39. The van der Waals surface area contributed by atoms with Gasteiger partial charge in [0.15, 0.2) is 0 Å². The predicted molar refractivity (Wildman–Crippen MR) is 79.5 cm³/mol. The molecule has 3 rings (SSSR count). The van der Waals surface area contributed by atoms with Crippen LogP contribution in [0.3, 0.4) is 0 Å². The maximum Gasteiger partial charge on any atom is 0.265 e. The van der Waals surface area contributed by atoms with E-state index < -0.39 is 0 Å². The van der Waals surface area contributed by atoms with Gasteiger partial charge in [0.25, 0.3) is 5.91 Å². The Morgan fingerprint density at radius 3 is 2.95 bits per heavy atom. The maximum absolute atomic E-state index is 12.6. The molecule has 0 spiro atoms. The summed E-state index contributed by atoms with van der Waals surface area (Å²) in [5.41, 5.74) is 0.0509. The monoisotopic (exact) mass is 343 g/mol. The molecule has 5 heteroatoms. The van der Waals surface area contributed by atoms with E-state index in [0.29, 0.717) is 12.0 Å². The topological polar surface area (TPSA) is 29.5 Å². The smallest absolute Gasteiger partial charge is 0.265 e. The van der Waals surface area contributed by atoms with E-state index in [-0.39, 0.29) is 17.4 Å². The predicted octanol–water partition coefficient (Wildman–Crippen LogP) is 3.40. The van der Waals surface area contributed by atoms with Gasteiger partial charge < -0.3 is 9.64 Å². The largest absolute Gasteiger partial charge is 0.377 e. The minimum atomic E-state index is 0.0509. The second kappa shape index (κ2) is 4.57. The number of thiophene rings is 1. The third kappa shape index (κ3) is 1.89. The zero-order chi connectivity index (χ0) is 13.8. The van der Waals surface area contributed by atoms with Crippen LogP contribution in [0.2, 0.25) is 0 Å². The first-order valence-corrected chi connectivity index (χ1v) is 8.23. The molecule has 1 aromatic rings. The molecule has 104 valence electrons. The highest BCUT2D eigenvalue weighted by Gasteiger charge is 2.61. The van der Waals surface area contributed by atoms with Crippen molar-refractivity contribution in [2.24, 2.45) is 11.3 Å². The first kappa shape index (κ1) is 13.6. The molecule has 2 aliphatic rings. The van der Waals surface area contributed by atoms with Crippen LogP contribution in [0, 0.1) is 11.3 Å². The van der Waals surface area contributed by atoms with Gasteiger partial charge in [0.05, 0.1) is 6.10 Å². The van der Waals surface area contributed by atoms with E-state index in [0.717, 1.165) is 22.4 Å². The van der Waals surface area contributed by atoms with Crippen LogP contribution in [0.25, 0.3) is 0 Å². The van der Waals surface area contributed by atoms with Crippen molar-refractivity contribution in [3.63, 3.8) is 0 Å². The molecule has 0 unspecified atom stereocenters. The molecule has 2 fully saturated rings. The molecular weight excluding hydrogens is 326 g/mol. The van der Waals surface area contributed by atoms with Gasteiger partial charge in [-0.3, -0.25) is 4.79 Å². The lowest BCUT2D eigenvalue weighted by Crippen LogP contribution is -2.66. The summed E-state index contributed by atoms with van der Waals surface area (Å²) in [5, 5.41) is 1.94. The Morgan fingerprint density at radius 2 is 2.32 bits per heavy atom. The molecule has 0 aromatic carbocycles. The van der Waals surface area contributed by atoms with Crippen molar-refractivity contribution < 1.29 is 9.53 Å². The Morgan fingerprint density at radius 1 is 1.58 bits per heavy atom. The fraction of sp³-hybridized carbons (Fsp3) is 0.643. The summed E-state index contributed by atoms with van der Waals surface area (Å²) in [6.45, 7) is 5.24. The number of rotatable bonds is 2. The average Bonchev–Trinajstić information content (AvgIpc) is 2.95. The number of ether oxygens (including phenoxy) is 1. The van der Waals surface area contributed by atoms with Crippen molar-refractivity contribution in [1.82, 2.24) is 4.90 Å². The molecule has 0 radical (unpaired) electrons. The van der Waals surface area contributed by atoms with Crippen molar-refractivity contribution >= 4 is 33.2 Å². The number of carbonyl (C=O) groups is 1. The van der Waals surface area contributed by atoms with Crippen molar-refractivity contribution in [1.29, 1.82) is 0 Å². The highest BCUT2D eigenvalue weighted by molar-refractivity contribution is 9.10. The van der Waals surface area contributed by atoms with Gasteiger partial charge in [0, 0.05) is 35.5 Å². The molecule has 1 aromatic heterocycles. The van der Waals surface area contributed by atoms with Gasteiger partial charge in [-0.05, 0) is 33.8 Å². The highest BCUT2D eigenvalue weighted by Crippen LogP contribution is 2.54. The molecule has 2 heterocycles. The van der Waals surface area contributed by atoms with Gasteiger partial charge in [-0.2, -0.15) is 0 Å². The molecule has 3 atom stereocenters. The molecule has 1 amide bonds. The summed E-state index contributed by atoms with van der Waals surface area (Å²) < 4.78 is 6.69. The fourth-order valence-corrected chi connectivity index (χ4v) is 5.34. The first-order valence-electron chi connectivity index (χ1n) is 6.56. The minimum Gasteiger partial charge on any atom is -0.377 e. The van der Waals surface area contributed by atoms with Crippen LogP contribution >= 0.6 is 27.3 Å². The lowest BCUT2D eigenvalue weighted by atomic mass is 9.57. The Balaban J connectivity index is 1.83. The van der Waals surface area contributed by atoms with Gasteiger partial charge in [-0.1, -0.05) is 13.8 Å². The van der Waals surface area contributed by atoms with Gasteiger partial charge >= 0.3 is 0 Å². The second-order valence-electron chi connectivity index (χ2n) is 6.02. The highest BCUT2D eigenvalue weighted by atomic mass is 79.9. The zero-order valence-corrected chi connectivity index (χ0v) is 13.8. The summed E-state index contributed by atoms with van der Waals surface area (Å²) in [4.78, 5) is 15.3. The first-order chi connectivity index (χ1) is 8.94. The molecule has 1 saturated carbocycles. The van der Waals surface area contributed by atoms with E-state index in [1.54, 1.807) is 0 Å². The van der Waals surface area contributed by atoms with Crippen LogP contribution in [0.5, 0.6) is 0 Å². The van der Waals surface area contributed by atoms with Gasteiger partial charge in [-0.15, -0.1) is 11.3 Å². The lowest BCUT2D eigenvalue weighted by Gasteiger charge is -2.57. The SMILES string of the molecule is CN(C(=O)c1sccc1Br)[C@@H]1[C@H]2CCO[C@H]2C1(C)C. The molecule has 1 aliphatic carbocycles. The normalized spacial score (nSPS) is 31.7. The molecule has 1 saturated heterocycles. The molecular formula is C14H18BrNO2S. The van der Waals surface area contributed by atoms with Crippen LogP contribution in [-0.4, -0.2) is 36.6 Å². The van der Waals surface area contributed by atoms with E-state index in [9.17, 15) is 4.79 Å². The minimum absolute atomic E-state index is 0.0509. The third-order valence-corrected chi connectivity index (χ3v) is 6.41. The number of fused-ring (bicyclic) bond motifs is 1. The lowest BCUT2D eigenvalue weighted by molar-refractivity contribution is -0.139. The Hall–Kier alpha value is -0.390. The van der Waals surface area contributed by atoms with Crippen molar-refractivity contribution in [2.45, 2.75) is 32.4 Å². The summed E-state index contributed by atoms with van der Waals surface area (Å²) in [7, 11) is 1.93. The van der Waals surface area contributed by atoms with Crippen LogP contribution in [0.15, 0.2) is 15.9 Å². The molecule has 0 bridgehead atoms. The standard InChI is InChI=1S/C14H18BrNO2S/c1-14(2)11(8-4-6-18-12(8)14)16(3)13(17)10-9(15)5-7-19-10/h5,7-8,11-12H,4,6H2,1-3H3/t8-,11-,12-/m1/s1. The van der Waals surface area contributed by atoms with Crippen LogP contribution in [0.4, 0.5) is 0 Å². The quantitative estimate of drug-likeness (QED) is 0.823. The number of hydrogen-bond donors (Lipinski definition) is 0. The van der Waals surface area contributed by atoms with Crippen molar-refractivity contribution in [3.05, 3.63) is 20.8 Å². The Labute approximate surface area is 126 Å². The molecule has 3 nitrogen and oxygen atoms in total. The van der Waals surface area contributed by atoms with E-state index in [4.69, 9.17) is 4.74 Å². The third-order valence-electron chi connectivity index (χ3n) is 4.59. The Bertz CT molecular complexity index is 513. The molecule has 19 heavy (non-hydrogen) atoms. The number of carbonyl (C=O) groups excluding carboxylic acids is 1. The second-order valence-corrected chi connectivity index (χ2v) is 7.79. The van der Waals surface area contributed by atoms with Crippen molar-refractivity contribution in [2.75, 3.05) is 13.7 Å². The van der Waals surface area contributed by atoms with E-state index in [2.05, 4.69) is 29.8 Å². The van der Waals surface area contributed by atoms with Gasteiger partial charge in [0.1, 0.15) is 4.88 Å². The molecule has 1 aliphatic heterocycles. The summed E-state index contributed by atoms with van der Waals surface area (Å²) >= 11 is 4.94. The number of hydrogen-bond acceptors (Lipinski definition) is 3. The van der Waals surface area contributed by atoms with E-state index >= 15 is 0 Å². The number of amides is 1. The van der Waals surface area contributed by atoms with Crippen LogP contribution in [0.1, 0.15) is 29.9 Å². The fourth-order valence-electron chi connectivity index (χ4n) is 3.82. The van der Waals surface area contributed by atoms with Crippen LogP contribution in [-0.2, 0) is 4.74 Å². The Kier molecular flexibility index (Phi) is 3.27. The zero-order valence-electron chi connectivity index (χ0n) is 11.4. The van der Waals surface area contributed by atoms with Gasteiger partial charge in [0.2, 0.25) is 0 Å². The van der Waals surface area contributed by atoms with Crippen LogP contribution < -0.4 is 0 Å². The number of nitrogens with zero attached hydrogens (tertiary/aromatic N) is 1. The van der Waals surface area contributed by atoms with E-state index in [1.807, 2.05) is 23.4 Å². The molecule has 0 N–H and O–H groups in total. The van der Waals surface area contributed by atoms with Gasteiger partial charge in [-0.25, -0.2) is 0 Å². The van der Waals surface area contributed by atoms with E-state index in [1.165, 1.54) is 11.3 Å². The number of halogens is 1. The summed E-state index contributed by atoms with van der Waals surface area (Å²) in [6, 6.07) is 2.21. The maximum atomic E-state index is 12.6. The van der Waals surface area contributed by atoms with Crippen molar-refractivity contribution in [3.8, 4) is 0 Å². The average molecular weight is 344 g/mol. The summed E-state index contributed by atoms with van der Waals surface area (Å²) in [5.74, 6) is 0.619.